The zero-order valence-electron chi connectivity index (χ0n) is 9.22. The van der Waals surface area contributed by atoms with Gasteiger partial charge in [-0.25, -0.2) is 0 Å². The molecule has 1 unspecified atom stereocenters. The number of aromatic amines is 1. The van der Waals surface area contributed by atoms with Crippen molar-refractivity contribution in [2.24, 2.45) is 0 Å². The lowest BCUT2D eigenvalue weighted by atomic mass is 10.1. The summed E-state index contributed by atoms with van der Waals surface area (Å²) in [5, 5.41) is 18.7. The van der Waals surface area contributed by atoms with Gasteiger partial charge in [0.2, 0.25) is 0 Å². The maximum Gasteiger partial charge on any atom is 0.254 e. The fourth-order valence-electron chi connectivity index (χ4n) is 1.97. The third kappa shape index (κ3) is 2.65. The summed E-state index contributed by atoms with van der Waals surface area (Å²) >= 11 is 0. The van der Waals surface area contributed by atoms with Gasteiger partial charge in [-0.15, -0.1) is 0 Å². The Morgan fingerprint density at radius 3 is 2.88 bits per heavy atom. The standard InChI is InChI=1S/C11H14N2O4/c14-8-2-1-3-13(6-8)11(17)7-4-9(15)12-10(16)5-7/h4-5,8,14H,1-3,6H2,(H2,12,15,16). The van der Waals surface area contributed by atoms with Crippen LogP contribution in [0.1, 0.15) is 23.2 Å². The first-order valence-electron chi connectivity index (χ1n) is 5.47. The van der Waals surface area contributed by atoms with Crippen LogP contribution in [0.15, 0.2) is 16.9 Å². The minimum absolute atomic E-state index is 0.139. The maximum atomic E-state index is 12.0. The molecule has 92 valence electrons. The molecule has 3 N–H and O–H groups in total. The fraction of sp³-hybridized carbons (Fsp3) is 0.455. The quantitative estimate of drug-likeness (QED) is 0.625. The lowest BCUT2D eigenvalue weighted by molar-refractivity contribution is 0.0473. The van der Waals surface area contributed by atoms with Crippen LogP contribution in [0, 0.1) is 0 Å². The van der Waals surface area contributed by atoms with Gasteiger partial charge < -0.3 is 15.1 Å². The highest BCUT2D eigenvalue weighted by atomic mass is 16.3. The maximum absolute atomic E-state index is 12.0. The van der Waals surface area contributed by atoms with Gasteiger partial charge in [0.15, 0.2) is 5.88 Å². The van der Waals surface area contributed by atoms with Crippen molar-refractivity contribution >= 4 is 5.91 Å². The Hall–Kier alpha value is -1.82. The predicted octanol–water partition coefficient (Wildman–Crippen LogP) is -0.323. The predicted molar refractivity (Wildman–Crippen MR) is 59.9 cm³/mol. The number of carbonyl (C=O) groups is 1. The first-order valence-corrected chi connectivity index (χ1v) is 5.47. The third-order valence-electron chi connectivity index (χ3n) is 2.76. The van der Waals surface area contributed by atoms with Gasteiger partial charge in [-0.05, 0) is 12.8 Å². The molecule has 0 saturated carbocycles. The van der Waals surface area contributed by atoms with Gasteiger partial charge >= 0.3 is 0 Å². The molecule has 0 bridgehead atoms. The SMILES string of the molecule is O=C(c1cc(O)[nH]c(=O)c1)N1CCCC(O)C1. The van der Waals surface area contributed by atoms with Gasteiger partial charge in [0.25, 0.3) is 11.5 Å². The van der Waals surface area contributed by atoms with E-state index in [2.05, 4.69) is 4.98 Å². The number of nitrogens with one attached hydrogen (secondary N) is 1. The van der Waals surface area contributed by atoms with Gasteiger partial charge in [-0.1, -0.05) is 0 Å². The molecule has 2 heterocycles. The first kappa shape index (κ1) is 11.7. The summed E-state index contributed by atoms with van der Waals surface area (Å²) in [6.07, 6.45) is 0.912. The summed E-state index contributed by atoms with van der Waals surface area (Å²) in [6.45, 7) is 0.829. The Bertz CT molecular complexity index is 483. The molecule has 0 spiro atoms. The summed E-state index contributed by atoms with van der Waals surface area (Å²) in [6, 6.07) is 2.35. The van der Waals surface area contributed by atoms with Crippen LogP contribution < -0.4 is 5.56 Å². The largest absolute Gasteiger partial charge is 0.494 e. The van der Waals surface area contributed by atoms with E-state index in [1.807, 2.05) is 0 Å². The number of piperidine rings is 1. The second-order valence-electron chi connectivity index (χ2n) is 4.17. The first-order chi connectivity index (χ1) is 8.06. The number of carbonyl (C=O) groups excluding carboxylic acids is 1. The van der Waals surface area contributed by atoms with E-state index in [4.69, 9.17) is 0 Å². The molecular formula is C11H14N2O4. The average Bonchev–Trinajstić information content (AvgIpc) is 2.26. The molecule has 1 atom stereocenters. The number of aliphatic hydroxyl groups is 1. The van der Waals surface area contributed by atoms with E-state index >= 15 is 0 Å². The third-order valence-corrected chi connectivity index (χ3v) is 2.76. The van der Waals surface area contributed by atoms with E-state index in [1.54, 1.807) is 0 Å². The monoisotopic (exact) mass is 238 g/mol. The van der Waals surface area contributed by atoms with Crippen LogP contribution >= 0.6 is 0 Å². The normalized spacial score (nSPS) is 20.3. The van der Waals surface area contributed by atoms with Crippen molar-refractivity contribution in [3.05, 3.63) is 28.0 Å². The van der Waals surface area contributed by atoms with Crippen LogP contribution in [-0.4, -0.2) is 45.2 Å². The van der Waals surface area contributed by atoms with Crippen molar-refractivity contribution in [3.63, 3.8) is 0 Å². The number of amides is 1. The molecule has 2 rings (SSSR count). The van der Waals surface area contributed by atoms with Gasteiger partial charge in [-0.3, -0.25) is 14.6 Å². The zero-order valence-corrected chi connectivity index (χ0v) is 9.22. The highest BCUT2D eigenvalue weighted by Crippen LogP contribution is 2.14. The number of β-amino-alcohol motifs (C(OH)–C–C–N with tert-alkyl or cyclic N) is 1. The molecule has 6 nitrogen and oxygen atoms in total. The molecule has 0 radical (unpaired) electrons. The molecule has 1 aliphatic heterocycles. The van der Waals surface area contributed by atoms with Crippen LogP contribution in [-0.2, 0) is 0 Å². The van der Waals surface area contributed by atoms with E-state index in [-0.39, 0.29) is 23.9 Å². The van der Waals surface area contributed by atoms with E-state index in [0.29, 0.717) is 13.0 Å². The molecule has 1 amide bonds. The Balaban J connectivity index is 2.21. The van der Waals surface area contributed by atoms with Crippen molar-refractivity contribution in [3.8, 4) is 5.88 Å². The number of hydrogen-bond donors (Lipinski definition) is 3. The van der Waals surface area contributed by atoms with E-state index in [0.717, 1.165) is 12.5 Å². The topological polar surface area (TPSA) is 93.6 Å². The summed E-state index contributed by atoms with van der Waals surface area (Å²) in [4.78, 5) is 26.8. The van der Waals surface area contributed by atoms with Crippen molar-refractivity contribution in [1.29, 1.82) is 0 Å². The van der Waals surface area contributed by atoms with Crippen molar-refractivity contribution in [2.45, 2.75) is 18.9 Å². The summed E-state index contributed by atoms with van der Waals surface area (Å²) in [5.41, 5.74) is -0.383. The Labute approximate surface area is 97.5 Å². The summed E-state index contributed by atoms with van der Waals surface area (Å²) in [5.74, 6) is -0.677. The summed E-state index contributed by atoms with van der Waals surface area (Å²) < 4.78 is 0. The summed E-state index contributed by atoms with van der Waals surface area (Å²) in [7, 11) is 0. The van der Waals surface area contributed by atoms with Crippen molar-refractivity contribution in [1.82, 2.24) is 9.88 Å². The molecule has 1 aromatic rings. The molecule has 0 aromatic carbocycles. The van der Waals surface area contributed by atoms with E-state index in [9.17, 15) is 19.8 Å². The van der Waals surface area contributed by atoms with Crippen molar-refractivity contribution in [2.75, 3.05) is 13.1 Å². The number of likely N-dealkylation sites (tertiary alicyclic amines) is 1. The van der Waals surface area contributed by atoms with Gasteiger partial charge in [0.1, 0.15) is 0 Å². The number of hydrogen-bond acceptors (Lipinski definition) is 4. The highest BCUT2D eigenvalue weighted by Gasteiger charge is 2.23. The second-order valence-corrected chi connectivity index (χ2v) is 4.17. The molecule has 1 fully saturated rings. The average molecular weight is 238 g/mol. The molecule has 0 aliphatic carbocycles. The Morgan fingerprint density at radius 1 is 1.47 bits per heavy atom. The van der Waals surface area contributed by atoms with Gasteiger partial charge in [0.05, 0.1) is 11.7 Å². The molecule has 1 saturated heterocycles. The highest BCUT2D eigenvalue weighted by molar-refractivity contribution is 5.94. The van der Waals surface area contributed by atoms with Crippen LogP contribution in [0.3, 0.4) is 0 Å². The van der Waals surface area contributed by atoms with Gasteiger partial charge in [-0.2, -0.15) is 0 Å². The van der Waals surface area contributed by atoms with Crippen LogP contribution in [0.25, 0.3) is 0 Å². The fourth-order valence-corrected chi connectivity index (χ4v) is 1.97. The Morgan fingerprint density at radius 2 is 2.24 bits per heavy atom. The van der Waals surface area contributed by atoms with E-state index in [1.165, 1.54) is 11.0 Å². The minimum atomic E-state index is -0.522. The number of pyridine rings is 1. The molecule has 1 aromatic heterocycles. The number of aliphatic hydroxyl groups excluding tert-OH is 1. The van der Waals surface area contributed by atoms with Crippen LogP contribution in [0.4, 0.5) is 0 Å². The van der Waals surface area contributed by atoms with Crippen molar-refractivity contribution < 1.29 is 15.0 Å². The molecule has 1 aliphatic rings. The molecule has 17 heavy (non-hydrogen) atoms. The molecule has 6 heteroatoms. The second kappa shape index (κ2) is 4.58. The number of nitrogens with zero attached hydrogens (tertiary/aromatic N) is 1. The number of rotatable bonds is 1. The number of aromatic hydroxyl groups is 1. The smallest absolute Gasteiger partial charge is 0.254 e. The van der Waals surface area contributed by atoms with Gasteiger partial charge in [0, 0.05) is 25.2 Å². The lowest BCUT2D eigenvalue weighted by Gasteiger charge is -2.30. The van der Waals surface area contributed by atoms with Crippen LogP contribution in [0.2, 0.25) is 0 Å². The number of H-pyrrole nitrogens is 1. The van der Waals surface area contributed by atoms with E-state index < -0.39 is 11.7 Å². The van der Waals surface area contributed by atoms with Crippen LogP contribution in [0.5, 0.6) is 5.88 Å². The molecular weight excluding hydrogens is 224 g/mol. The minimum Gasteiger partial charge on any atom is -0.494 e. The zero-order chi connectivity index (χ0) is 12.4. The Kier molecular flexibility index (Phi) is 3.14. The lowest BCUT2D eigenvalue weighted by Crippen LogP contribution is -2.42. The number of aromatic nitrogens is 1.